The summed E-state index contributed by atoms with van der Waals surface area (Å²) in [6.45, 7) is 1.37. The molecule has 0 saturated carbocycles. The quantitative estimate of drug-likeness (QED) is 0.338. The van der Waals surface area contributed by atoms with Crippen LogP contribution in [0.1, 0.15) is 37.3 Å². The maximum atomic E-state index is 14.2. The molecule has 1 aliphatic rings. The van der Waals surface area contributed by atoms with Gasteiger partial charge in [0.2, 0.25) is 17.7 Å². The summed E-state index contributed by atoms with van der Waals surface area (Å²) in [4.78, 5) is 52.5. The molecule has 0 bridgehead atoms. The topological polar surface area (TPSA) is 134 Å². The lowest BCUT2D eigenvalue weighted by Gasteiger charge is -2.28. The van der Waals surface area contributed by atoms with Crippen LogP contribution in [-0.4, -0.2) is 72.1 Å². The van der Waals surface area contributed by atoms with Gasteiger partial charge in [-0.3, -0.25) is 14.4 Å². The monoisotopic (exact) mass is 561 g/mol. The van der Waals surface area contributed by atoms with Gasteiger partial charge in [-0.25, -0.2) is 13.6 Å². The Kier molecular flexibility index (Phi) is 10.5. The number of rotatable bonds is 12. The van der Waals surface area contributed by atoms with Gasteiger partial charge in [0.15, 0.2) is 11.6 Å². The molecule has 2 aromatic carbocycles. The highest BCUT2D eigenvalue weighted by Gasteiger charge is 2.36. The van der Waals surface area contributed by atoms with Crippen molar-refractivity contribution in [3.63, 3.8) is 0 Å². The lowest BCUT2D eigenvalue weighted by Crippen LogP contribution is -2.57. The van der Waals surface area contributed by atoms with Crippen molar-refractivity contribution in [2.24, 2.45) is 0 Å². The summed E-state index contributed by atoms with van der Waals surface area (Å²) in [5, 5.41) is 14.7. The Morgan fingerprint density at radius 2 is 1.80 bits per heavy atom. The van der Waals surface area contributed by atoms with Crippen molar-refractivity contribution in [2.45, 2.75) is 63.4 Å². The van der Waals surface area contributed by atoms with Crippen molar-refractivity contribution in [1.29, 1.82) is 0 Å². The second-order valence-corrected chi connectivity index (χ2v) is 9.57. The highest BCUT2D eigenvalue weighted by molar-refractivity contribution is 5.91. The molecular weight excluding hydrogens is 528 g/mol. The SMILES string of the molecule is COC(=O)[C@H](Cc1ccc(O)cc1)NC(=O)[C@@H](NC(=O)C[C@@H]1CCC(=O)N1Cc1cccc(F)c1F)[C@@H](C)OC. The molecule has 0 aliphatic carbocycles. The van der Waals surface area contributed by atoms with Crippen LogP contribution in [0.3, 0.4) is 0 Å². The van der Waals surface area contributed by atoms with E-state index in [2.05, 4.69) is 10.6 Å². The third-order valence-electron chi connectivity index (χ3n) is 6.86. The molecule has 1 aliphatic heterocycles. The lowest BCUT2D eigenvalue weighted by atomic mass is 10.0. The van der Waals surface area contributed by atoms with Crippen LogP contribution in [-0.2, 0) is 41.6 Å². The van der Waals surface area contributed by atoms with Gasteiger partial charge in [0, 0.05) is 44.5 Å². The molecule has 1 fully saturated rings. The van der Waals surface area contributed by atoms with Gasteiger partial charge in [-0.15, -0.1) is 0 Å². The number of likely N-dealkylation sites (tertiary alicyclic amines) is 1. The average Bonchev–Trinajstić information content (AvgIpc) is 3.27. The molecule has 1 heterocycles. The average molecular weight is 562 g/mol. The Labute approximate surface area is 230 Å². The number of carbonyl (C=O) groups is 4. The zero-order chi connectivity index (χ0) is 29.4. The summed E-state index contributed by atoms with van der Waals surface area (Å²) in [6, 6.07) is 6.90. The first-order chi connectivity index (χ1) is 19.0. The van der Waals surface area contributed by atoms with Crippen molar-refractivity contribution < 1.29 is 42.5 Å². The van der Waals surface area contributed by atoms with Gasteiger partial charge in [0.05, 0.1) is 13.2 Å². The molecule has 3 N–H and O–H groups in total. The fraction of sp³-hybridized carbons (Fsp3) is 0.429. The van der Waals surface area contributed by atoms with E-state index in [1.165, 1.54) is 43.4 Å². The second-order valence-electron chi connectivity index (χ2n) is 9.57. The van der Waals surface area contributed by atoms with Gasteiger partial charge >= 0.3 is 5.97 Å². The Bertz CT molecular complexity index is 1220. The van der Waals surface area contributed by atoms with E-state index < -0.39 is 53.6 Å². The normalized spacial score (nSPS) is 17.2. The van der Waals surface area contributed by atoms with Gasteiger partial charge < -0.3 is 30.1 Å². The van der Waals surface area contributed by atoms with Crippen LogP contribution in [0.25, 0.3) is 0 Å². The van der Waals surface area contributed by atoms with Crippen molar-refractivity contribution in [3.05, 3.63) is 65.2 Å². The molecule has 2 aromatic rings. The summed E-state index contributed by atoms with van der Waals surface area (Å²) < 4.78 is 38.0. The number of halogens is 2. The fourth-order valence-electron chi connectivity index (χ4n) is 4.52. The number of amides is 3. The van der Waals surface area contributed by atoms with Crippen LogP contribution in [0, 0.1) is 11.6 Å². The van der Waals surface area contributed by atoms with Gasteiger partial charge in [-0.1, -0.05) is 24.3 Å². The molecule has 4 atom stereocenters. The van der Waals surface area contributed by atoms with Gasteiger partial charge in [-0.05, 0) is 37.1 Å². The summed E-state index contributed by atoms with van der Waals surface area (Å²) in [6.07, 6.45) is -0.436. The Hall–Kier alpha value is -4.06. The summed E-state index contributed by atoms with van der Waals surface area (Å²) in [5.41, 5.74) is 0.642. The first kappa shape index (κ1) is 30.5. The molecule has 0 spiro atoms. The third kappa shape index (κ3) is 7.75. The molecule has 0 aromatic heterocycles. The standard InChI is InChI=1S/C28H33F2N3O7/c1-16(39-2)26(27(37)31-22(28(38)40-3)13-17-7-10-20(34)11-8-17)32-23(35)14-19-9-12-24(36)33(19)15-18-5-4-6-21(29)25(18)30/h4-8,10-11,16,19,22,26,34H,9,12-15H2,1-3H3,(H,31,37)(H,32,35)/t16-,19+,22+,26+/m1/s1. The molecular formula is C28H33F2N3O7. The predicted molar refractivity (Wildman–Crippen MR) is 139 cm³/mol. The molecule has 12 heteroatoms. The fourth-order valence-corrected chi connectivity index (χ4v) is 4.52. The number of carbonyl (C=O) groups excluding carboxylic acids is 4. The van der Waals surface area contributed by atoms with Crippen LogP contribution in [0.4, 0.5) is 8.78 Å². The highest BCUT2D eigenvalue weighted by Crippen LogP contribution is 2.25. The minimum Gasteiger partial charge on any atom is -0.508 e. The number of hydrogen-bond acceptors (Lipinski definition) is 7. The van der Waals surface area contributed by atoms with Gasteiger partial charge in [0.1, 0.15) is 17.8 Å². The Morgan fingerprint density at radius 3 is 2.45 bits per heavy atom. The zero-order valence-electron chi connectivity index (χ0n) is 22.5. The third-order valence-corrected chi connectivity index (χ3v) is 6.86. The van der Waals surface area contributed by atoms with Crippen molar-refractivity contribution in [2.75, 3.05) is 14.2 Å². The van der Waals surface area contributed by atoms with Crippen LogP contribution >= 0.6 is 0 Å². The second kappa shape index (κ2) is 13.8. The minimum atomic E-state index is -1.20. The van der Waals surface area contributed by atoms with Crippen molar-refractivity contribution in [1.82, 2.24) is 15.5 Å². The molecule has 216 valence electrons. The van der Waals surface area contributed by atoms with E-state index in [4.69, 9.17) is 9.47 Å². The molecule has 10 nitrogen and oxygen atoms in total. The first-order valence-corrected chi connectivity index (χ1v) is 12.7. The maximum absolute atomic E-state index is 14.2. The summed E-state index contributed by atoms with van der Waals surface area (Å²) >= 11 is 0. The first-order valence-electron chi connectivity index (χ1n) is 12.7. The lowest BCUT2D eigenvalue weighted by molar-refractivity contribution is -0.146. The molecule has 1 saturated heterocycles. The summed E-state index contributed by atoms with van der Waals surface area (Å²) in [7, 11) is 2.54. The van der Waals surface area contributed by atoms with Gasteiger partial charge in [0.25, 0.3) is 0 Å². The number of phenolic OH excluding ortho intramolecular Hbond substituents is 1. The number of hydrogen-bond donors (Lipinski definition) is 3. The van der Waals surface area contributed by atoms with E-state index in [0.29, 0.717) is 12.0 Å². The molecule has 0 radical (unpaired) electrons. The van der Waals surface area contributed by atoms with Crippen LogP contribution < -0.4 is 10.6 Å². The predicted octanol–water partition coefficient (Wildman–Crippen LogP) is 1.97. The smallest absolute Gasteiger partial charge is 0.328 e. The van der Waals surface area contributed by atoms with Crippen LogP contribution in [0.5, 0.6) is 5.75 Å². The number of nitrogens with one attached hydrogen (secondary N) is 2. The van der Waals surface area contributed by atoms with E-state index in [0.717, 1.165) is 6.07 Å². The van der Waals surface area contributed by atoms with E-state index in [1.807, 2.05) is 0 Å². The van der Waals surface area contributed by atoms with Gasteiger partial charge in [-0.2, -0.15) is 0 Å². The zero-order valence-corrected chi connectivity index (χ0v) is 22.5. The number of methoxy groups -OCH3 is 2. The number of esters is 1. The largest absolute Gasteiger partial charge is 0.508 e. The molecule has 40 heavy (non-hydrogen) atoms. The van der Waals surface area contributed by atoms with E-state index in [9.17, 15) is 33.1 Å². The molecule has 3 rings (SSSR count). The van der Waals surface area contributed by atoms with E-state index in [1.54, 1.807) is 19.1 Å². The number of aromatic hydroxyl groups is 1. The van der Waals surface area contributed by atoms with Crippen LogP contribution in [0.2, 0.25) is 0 Å². The number of nitrogens with zero attached hydrogens (tertiary/aromatic N) is 1. The van der Waals surface area contributed by atoms with Crippen molar-refractivity contribution >= 4 is 23.7 Å². The Morgan fingerprint density at radius 1 is 1.10 bits per heavy atom. The Balaban J connectivity index is 1.69. The van der Waals surface area contributed by atoms with E-state index in [-0.39, 0.29) is 43.0 Å². The summed E-state index contributed by atoms with van der Waals surface area (Å²) in [5.74, 6) is -4.31. The van der Waals surface area contributed by atoms with Crippen molar-refractivity contribution in [3.8, 4) is 5.75 Å². The van der Waals surface area contributed by atoms with E-state index >= 15 is 0 Å². The van der Waals surface area contributed by atoms with Crippen LogP contribution in [0.15, 0.2) is 42.5 Å². The molecule has 3 amide bonds. The molecule has 0 unspecified atom stereocenters. The number of benzene rings is 2. The maximum Gasteiger partial charge on any atom is 0.328 e. The minimum absolute atomic E-state index is 0.00611. The number of phenols is 1. The number of ether oxygens (including phenoxy) is 2. The highest BCUT2D eigenvalue weighted by atomic mass is 19.2.